The molecule has 0 spiro atoms. The zero-order chi connectivity index (χ0) is 9.56. The van der Waals surface area contributed by atoms with Crippen molar-refractivity contribution in [2.75, 3.05) is 0 Å². The van der Waals surface area contributed by atoms with Crippen molar-refractivity contribution >= 4 is 23.0 Å². The third-order valence-electron chi connectivity index (χ3n) is 1.41. The molecule has 0 atom stereocenters. The van der Waals surface area contributed by atoms with E-state index < -0.39 is 0 Å². The lowest BCUT2D eigenvalue weighted by Crippen LogP contribution is -1.80. The minimum absolute atomic E-state index is 0.950. The predicted molar refractivity (Wildman–Crippen MR) is 61.9 cm³/mol. The van der Waals surface area contributed by atoms with E-state index in [1.165, 1.54) is 11.1 Å². The fourth-order valence-electron chi connectivity index (χ4n) is 0.886. The molecule has 0 heterocycles. The standard InChI is InChI=1S/C8H9IO.C2H6/c1-6-3-4-8(10-9)7(2)5-6;1-2/h3-5H,1-2H3;1-2H3. The van der Waals surface area contributed by atoms with Gasteiger partial charge >= 0.3 is 0 Å². The van der Waals surface area contributed by atoms with Crippen molar-refractivity contribution in [1.29, 1.82) is 0 Å². The first-order valence-electron chi connectivity index (χ1n) is 4.10. The van der Waals surface area contributed by atoms with E-state index in [0.717, 1.165) is 5.75 Å². The second-order valence-corrected chi connectivity index (χ2v) is 2.79. The van der Waals surface area contributed by atoms with E-state index >= 15 is 0 Å². The molecule has 0 fully saturated rings. The smallest absolute Gasteiger partial charge is 0.192 e. The Kier molecular flexibility index (Phi) is 6.16. The first-order valence-corrected chi connectivity index (χ1v) is 4.98. The van der Waals surface area contributed by atoms with E-state index in [4.69, 9.17) is 3.07 Å². The second-order valence-electron chi connectivity index (χ2n) is 2.35. The molecule has 1 nitrogen and oxygen atoms in total. The average molecular weight is 278 g/mol. The maximum atomic E-state index is 5.07. The average Bonchev–Trinajstić information content (AvgIpc) is 2.08. The highest BCUT2D eigenvalue weighted by Gasteiger charge is 1.95. The molecule has 1 rings (SSSR count). The van der Waals surface area contributed by atoms with Crippen LogP contribution in [0.25, 0.3) is 0 Å². The lowest BCUT2D eigenvalue weighted by atomic mass is 10.1. The highest BCUT2D eigenvalue weighted by Crippen LogP contribution is 2.20. The molecule has 2 heteroatoms. The maximum absolute atomic E-state index is 5.07. The Labute approximate surface area is 88.8 Å². The molecule has 0 bridgehead atoms. The largest absolute Gasteiger partial charge is 0.427 e. The second kappa shape index (κ2) is 6.29. The van der Waals surface area contributed by atoms with Crippen LogP contribution >= 0.6 is 23.0 Å². The van der Waals surface area contributed by atoms with E-state index in [1.807, 2.05) is 55.9 Å². The van der Waals surface area contributed by atoms with Crippen LogP contribution in [-0.2, 0) is 0 Å². The van der Waals surface area contributed by atoms with E-state index in [0.29, 0.717) is 0 Å². The molecular formula is C10H15IO. The molecular weight excluding hydrogens is 263 g/mol. The Hall–Kier alpha value is -0.250. The van der Waals surface area contributed by atoms with Crippen LogP contribution in [0.15, 0.2) is 18.2 Å². The zero-order valence-corrected chi connectivity index (χ0v) is 10.2. The van der Waals surface area contributed by atoms with Crippen molar-refractivity contribution in [2.24, 2.45) is 0 Å². The summed E-state index contributed by atoms with van der Waals surface area (Å²) in [6.45, 7) is 8.12. The molecule has 0 amide bonds. The molecule has 0 unspecified atom stereocenters. The van der Waals surface area contributed by atoms with Crippen molar-refractivity contribution in [1.82, 2.24) is 0 Å². The molecule has 0 aliphatic heterocycles. The molecule has 68 valence electrons. The number of halogens is 1. The molecule has 0 aliphatic carbocycles. The third kappa shape index (κ3) is 3.43. The van der Waals surface area contributed by atoms with Gasteiger partial charge in [-0.15, -0.1) is 0 Å². The Bertz CT molecular complexity index is 233. The molecule has 1 aromatic carbocycles. The Morgan fingerprint density at radius 1 is 1.17 bits per heavy atom. The lowest BCUT2D eigenvalue weighted by molar-refractivity contribution is 0.708. The van der Waals surface area contributed by atoms with E-state index in [2.05, 4.69) is 13.0 Å². The van der Waals surface area contributed by atoms with Crippen molar-refractivity contribution in [3.05, 3.63) is 29.3 Å². The van der Waals surface area contributed by atoms with Gasteiger partial charge < -0.3 is 3.07 Å². The van der Waals surface area contributed by atoms with Crippen LogP contribution in [0.1, 0.15) is 25.0 Å². The van der Waals surface area contributed by atoms with Crippen molar-refractivity contribution < 1.29 is 3.07 Å². The molecule has 0 saturated carbocycles. The summed E-state index contributed by atoms with van der Waals surface area (Å²) in [5, 5.41) is 0. The summed E-state index contributed by atoms with van der Waals surface area (Å²) in [5.41, 5.74) is 2.46. The van der Waals surface area contributed by atoms with Crippen LogP contribution in [0.3, 0.4) is 0 Å². The summed E-state index contributed by atoms with van der Waals surface area (Å²) >= 11 is 1.89. The highest BCUT2D eigenvalue weighted by atomic mass is 127. The summed E-state index contributed by atoms with van der Waals surface area (Å²) in [4.78, 5) is 0. The van der Waals surface area contributed by atoms with Gasteiger partial charge in [0.2, 0.25) is 0 Å². The van der Waals surface area contributed by atoms with Gasteiger partial charge in [0.05, 0.1) is 0 Å². The van der Waals surface area contributed by atoms with Gasteiger partial charge in [-0.05, 0) is 25.5 Å². The van der Waals surface area contributed by atoms with E-state index in [1.54, 1.807) is 0 Å². The first kappa shape index (κ1) is 11.8. The van der Waals surface area contributed by atoms with Crippen LogP contribution in [-0.4, -0.2) is 0 Å². The van der Waals surface area contributed by atoms with Crippen molar-refractivity contribution in [2.45, 2.75) is 27.7 Å². The normalized spacial score (nSPS) is 8.42. The van der Waals surface area contributed by atoms with Gasteiger partial charge in [0.15, 0.2) is 23.0 Å². The minimum atomic E-state index is 0.950. The Morgan fingerprint density at radius 2 is 1.75 bits per heavy atom. The summed E-state index contributed by atoms with van der Waals surface area (Å²) in [6.07, 6.45) is 0. The number of hydrogen-bond acceptors (Lipinski definition) is 1. The lowest BCUT2D eigenvalue weighted by Gasteiger charge is -2.01. The predicted octanol–water partition coefficient (Wildman–Crippen LogP) is 4.06. The van der Waals surface area contributed by atoms with Gasteiger partial charge in [0.1, 0.15) is 5.75 Å². The van der Waals surface area contributed by atoms with Crippen molar-refractivity contribution in [3.8, 4) is 5.75 Å². The maximum Gasteiger partial charge on any atom is 0.192 e. The molecule has 0 N–H and O–H groups in total. The fraction of sp³-hybridized carbons (Fsp3) is 0.400. The highest BCUT2D eigenvalue weighted by molar-refractivity contribution is 14.1. The SMILES string of the molecule is CC.Cc1ccc(OI)c(C)c1. The molecule has 0 saturated heterocycles. The molecule has 1 aromatic rings. The van der Waals surface area contributed by atoms with Crippen LogP contribution in [0.2, 0.25) is 0 Å². The van der Waals surface area contributed by atoms with E-state index in [-0.39, 0.29) is 0 Å². The Morgan fingerprint density at radius 3 is 2.17 bits per heavy atom. The van der Waals surface area contributed by atoms with Crippen LogP contribution < -0.4 is 3.07 Å². The zero-order valence-electron chi connectivity index (χ0n) is 8.02. The monoisotopic (exact) mass is 278 g/mol. The van der Waals surface area contributed by atoms with Crippen LogP contribution in [0, 0.1) is 13.8 Å². The summed E-state index contributed by atoms with van der Waals surface area (Å²) < 4.78 is 5.07. The van der Waals surface area contributed by atoms with Crippen molar-refractivity contribution in [3.63, 3.8) is 0 Å². The Balaban J connectivity index is 0.000000561. The third-order valence-corrected chi connectivity index (χ3v) is 1.89. The molecule has 12 heavy (non-hydrogen) atoms. The number of rotatable bonds is 1. The minimum Gasteiger partial charge on any atom is -0.427 e. The summed E-state index contributed by atoms with van der Waals surface area (Å²) in [6, 6.07) is 6.13. The number of hydrogen-bond donors (Lipinski definition) is 0. The van der Waals surface area contributed by atoms with Gasteiger partial charge in [-0.25, -0.2) is 0 Å². The first-order chi connectivity index (χ1) is 5.74. The summed E-state index contributed by atoms with van der Waals surface area (Å²) in [5.74, 6) is 0.950. The number of aryl methyl sites for hydroxylation is 2. The van der Waals surface area contributed by atoms with Crippen LogP contribution in [0.4, 0.5) is 0 Å². The van der Waals surface area contributed by atoms with Gasteiger partial charge in [0, 0.05) is 0 Å². The van der Waals surface area contributed by atoms with Gasteiger partial charge in [-0.2, -0.15) is 0 Å². The molecule has 0 aliphatic rings. The van der Waals surface area contributed by atoms with Gasteiger partial charge in [-0.1, -0.05) is 31.5 Å². The topological polar surface area (TPSA) is 9.23 Å². The van der Waals surface area contributed by atoms with Crippen LogP contribution in [0.5, 0.6) is 5.75 Å². The van der Waals surface area contributed by atoms with E-state index in [9.17, 15) is 0 Å². The number of benzene rings is 1. The molecule has 0 aromatic heterocycles. The fourth-order valence-corrected chi connectivity index (χ4v) is 1.38. The van der Waals surface area contributed by atoms with Gasteiger partial charge in [0.25, 0.3) is 0 Å². The summed E-state index contributed by atoms with van der Waals surface area (Å²) in [7, 11) is 0. The van der Waals surface area contributed by atoms with Gasteiger partial charge in [-0.3, -0.25) is 0 Å². The molecule has 0 radical (unpaired) electrons. The quantitative estimate of drug-likeness (QED) is 0.704.